The first kappa shape index (κ1) is 14.6. The van der Waals surface area contributed by atoms with Crippen molar-refractivity contribution in [2.75, 3.05) is 13.6 Å². The molecule has 1 aromatic rings. The highest BCUT2D eigenvalue weighted by molar-refractivity contribution is 5.75. The molecular weight excluding hydrogens is 231 g/mol. The number of benzene rings is 1. The molecule has 18 heavy (non-hydrogen) atoms. The largest absolute Gasteiger partial charge is 0.359 e. The van der Waals surface area contributed by atoms with Crippen LogP contribution in [0.1, 0.15) is 36.9 Å². The van der Waals surface area contributed by atoms with Gasteiger partial charge in [-0.2, -0.15) is 0 Å². The molecule has 0 bridgehead atoms. The first-order chi connectivity index (χ1) is 8.54. The molecule has 1 atom stereocenters. The van der Waals surface area contributed by atoms with Crippen molar-refractivity contribution in [3.63, 3.8) is 0 Å². The number of carbonyl (C=O) groups is 1. The highest BCUT2D eigenvalue weighted by atomic mass is 19.1. The molecule has 0 spiro atoms. The van der Waals surface area contributed by atoms with Crippen LogP contribution in [0, 0.1) is 12.7 Å². The Balaban J connectivity index is 2.38. The number of amides is 1. The molecule has 1 unspecified atom stereocenters. The maximum Gasteiger partial charge on any atom is 0.219 e. The molecule has 0 fully saturated rings. The van der Waals surface area contributed by atoms with Gasteiger partial charge < -0.3 is 10.6 Å². The summed E-state index contributed by atoms with van der Waals surface area (Å²) in [4.78, 5) is 11.0. The van der Waals surface area contributed by atoms with E-state index in [4.69, 9.17) is 0 Å². The van der Waals surface area contributed by atoms with Crippen LogP contribution < -0.4 is 10.6 Å². The summed E-state index contributed by atoms with van der Waals surface area (Å²) in [6.07, 6.45) is 1.29. The van der Waals surface area contributed by atoms with Gasteiger partial charge in [0.25, 0.3) is 0 Å². The van der Waals surface area contributed by atoms with Crippen LogP contribution in [0.25, 0.3) is 0 Å². The lowest BCUT2D eigenvalue weighted by molar-refractivity contribution is -0.120. The summed E-state index contributed by atoms with van der Waals surface area (Å²) < 4.78 is 13.4. The van der Waals surface area contributed by atoms with Gasteiger partial charge in [-0.1, -0.05) is 12.1 Å². The van der Waals surface area contributed by atoms with E-state index in [0.29, 0.717) is 12.0 Å². The fraction of sp³-hybridized carbons (Fsp3) is 0.500. The summed E-state index contributed by atoms with van der Waals surface area (Å²) in [5, 5.41) is 5.86. The Hall–Kier alpha value is -1.42. The maximum atomic E-state index is 13.4. The van der Waals surface area contributed by atoms with E-state index in [1.165, 1.54) is 0 Å². The van der Waals surface area contributed by atoms with Crippen molar-refractivity contribution in [3.8, 4) is 0 Å². The van der Waals surface area contributed by atoms with E-state index >= 15 is 0 Å². The van der Waals surface area contributed by atoms with Crippen LogP contribution in [0.15, 0.2) is 18.2 Å². The van der Waals surface area contributed by atoms with E-state index in [2.05, 4.69) is 10.6 Å². The average molecular weight is 252 g/mol. The van der Waals surface area contributed by atoms with Gasteiger partial charge in [-0.05, 0) is 44.0 Å². The van der Waals surface area contributed by atoms with Crippen molar-refractivity contribution >= 4 is 5.91 Å². The topological polar surface area (TPSA) is 41.1 Å². The molecule has 2 N–H and O–H groups in total. The number of rotatable bonds is 6. The summed E-state index contributed by atoms with van der Waals surface area (Å²) in [6.45, 7) is 4.48. The first-order valence-corrected chi connectivity index (χ1v) is 6.24. The van der Waals surface area contributed by atoms with Crippen molar-refractivity contribution in [3.05, 3.63) is 35.1 Å². The number of halogens is 1. The molecule has 0 aliphatic carbocycles. The van der Waals surface area contributed by atoms with Gasteiger partial charge in [0.15, 0.2) is 0 Å². The lowest BCUT2D eigenvalue weighted by Crippen LogP contribution is -2.23. The predicted octanol–water partition coefficient (Wildman–Crippen LogP) is 2.31. The van der Waals surface area contributed by atoms with Crippen LogP contribution in [-0.2, 0) is 4.79 Å². The minimum atomic E-state index is -0.175. The normalized spacial score (nSPS) is 12.2. The molecule has 4 heteroatoms. The van der Waals surface area contributed by atoms with Gasteiger partial charge in [0.1, 0.15) is 5.82 Å². The molecule has 0 saturated carbocycles. The van der Waals surface area contributed by atoms with Crippen molar-refractivity contribution in [2.45, 2.75) is 32.7 Å². The van der Waals surface area contributed by atoms with E-state index in [9.17, 15) is 9.18 Å². The summed E-state index contributed by atoms with van der Waals surface area (Å²) in [5.41, 5.74) is 1.59. The standard InChI is InChI=1S/C14H21FN2O/c1-10-6-7-12(9-13(10)15)11(2)17-8-4-5-14(18)16-3/h6-7,9,11,17H,4-5,8H2,1-3H3,(H,16,18). The molecule has 0 heterocycles. The van der Waals surface area contributed by atoms with E-state index in [0.717, 1.165) is 18.5 Å². The van der Waals surface area contributed by atoms with Crippen LogP contribution in [0.2, 0.25) is 0 Å². The fourth-order valence-electron chi connectivity index (χ4n) is 1.69. The fourth-order valence-corrected chi connectivity index (χ4v) is 1.69. The molecule has 100 valence electrons. The zero-order valence-corrected chi connectivity index (χ0v) is 11.2. The van der Waals surface area contributed by atoms with Crippen LogP contribution in [-0.4, -0.2) is 19.5 Å². The van der Waals surface area contributed by atoms with Gasteiger partial charge in [-0.3, -0.25) is 4.79 Å². The highest BCUT2D eigenvalue weighted by Gasteiger charge is 2.07. The molecule has 0 aromatic heterocycles. The Morgan fingerprint density at radius 3 is 2.78 bits per heavy atom. The summed E-state index contributed by atoms with van der Waals surface area (Å²) in [6, 6.07) is 5.36. The maximum absolute atomic E-state index is 13.4. The van der Waals surface area contributed by atoms with Crippen LogP contribution >= 0.6 is 0 Å². The molecule has 1 amide bonds. The third-order valence-electron chi connectivity index (χ3n) is 3.01. The molecule has 0 saturated heterocycles. The second-order valence-electron chi connectivity index (χ2n) is 4.46. The Morgan fingerprint density at radius 2 is 2.17 bits per heavy atom. The number of carbonyl (C=O) groups excluding carboxylic acids is 1. The molecule has 1 aromatic carbocycles. The third-order valence-corrected chi connectivity index (χ3v) is 3.01. The quantitative estimate of drug-likeness (QED) is 0.763. The minimum absolute atomic E-state index is 0.0471. The monoisotopic (exact) mass is 252 g/mol. The lowest BCUT2D eigenvalue weighted by Gasteiger charge is -2.14. The van der Waals surface area contributed by atoms with E-state index < -0.39 is 0 Å². The van der Waals surface area contributed by atoms with Gasteiger partial charge in [-0.25, -0.2) is 4.39 Å². The second-order valence-corrected chi connectivity index (χ2v) is 4.46. The number of aryl methyl sites for hydroxylation is 1. The van der Waals surface area contributed by atoms with Gasteiger partial charge >= 0.3 is 0 Å². The summed E-state index contributed by atoms with van der Waals surface area (Å²) in [7, 11) is 1.63. The molecular formula is C14H21FN2O. The van der Waals surface area contributed by atoms with Crippen molar-refractivity contribution in [1.82, 2.24) is 10.6 Å². The van der Waals surface area contributed by atoms with Crippen LogP contribution in [0.4, 0.5) is 4.39 Å². The van der Waals surface area contributed by atoms with Crippen LogP contribution in [0.5, 0.6) is 0 Å². The van der Waals surface area contributed by atoms with Crippen molar-refractivity contribution < 1.29 is 9.18 Å². The highest BCUT2D eigenvalue weighted by Crippen LogP contribution is 2.16. The smallest absolute Gasteiger partial charge is 0.219 e. The number of hydrogen-bond donors (Lipinski definition) is 2. The third kappa shape index (κ3) is 4.45. The van der Waals surface area contributed by atoms with Gasteiger partial charge in [-0.15, -0.1) is 0 Å². The Bertz CT molecular complexity index is 407. The number of nitrogens with one attached hydrogen (secondary N) is 2. The van der Waals surface area contributed by atoms with E-state index in [1.54, 1.807) is 26.1 Å². The Morgan fingerprint density at radius 1 is 1.44 bits per heavy atom. The van der Waals surface area contributed by atoms with E-state index in [-0.39, 0.29) is 17.8 Å². The SMILES string of the molecule is CNC(=O)CCCNC(C)c1ccc(C)c(F)c1. The van der Waals surface area contributed by atoms with Gasteiger partial charge in [0.05, 0.1) is 0 Å². The van der Waals surface area contributed by atoms with Crippen molar-refractivity contribution in [1.29, 1.82) is 0 Å². The minimum Gasteiger partial charge on any atom is -0.359 e. The Kier molecular flexibility index (Phi) is 5.78. The average Bonchev–Trinajstić information content (AvgIpc) is 2.37. The Labute approximate surface area is 108 Å². The molecule has 0 radical (unpaired) electrons. The van der Waals surface area contributed by atoms with Gasteiger partial charge in [0.2, 0.25) is 5.91 Å². The lowest BCUT2D eigenvalue weighted by atomic mass is 10.1. The zero-order valence-electron chi connectivity index (χ0n) is 11.2. The van der Waals surface area contributed by atoms with E-state index in [1.807, 2.05) is 13.0 Å². The molecule has 0 aliphatic heterocycles. The molecule has 0 aliphatic rings. The molecule has 1 rings (SSSR count). The predicted molar refractivity (Wildman–Crippen MR) is 70.9 cm³/mol. The zero-order chi connectivity index (χ0) is 13.5. The number of hydrogen-bond acceptors (Lipinski definition) is 2. The van der Waals surface area contributed by atoms with Crippen molar-refractivity contribution in [2.24, 2.45) is 0 Å². The summed E-state index contributed by atoms with van der Waals surface area (Å²) >= 11 is 0. The second kappa shape index (κ2) is 7.11. The summed E-state index contributed by atoms with van der Waals surface area (Å²) in [5.74, 6) is -0.127. The van der Waals surface area contributed by atoms with Crippen LogP contribution in [0.3, 0.4) is 0 Å². The first-order valence-electron chi connectivity index (χ1n) is 6.24. The van der Waals surface area contributed by atoms with Gasteiger partial charge in [0, 0.05) is 19.5 Å². The molecule has 3 nitrogen and oxygen atoms in total.